The smallest absolute Gasteiger partial charge is 0.411 e. The van der Waals surface area contributed by atoms with Gasteiger partial charge in [0.15, 0.2) is 0 Å². The van der Waals surface area contributed by atoms with Gasteiger partial charge in [0, 0.05) is 5.69 Å². The van der Waals surface area contributed by atoms with E-state index in [-0.39, 0.29) is 12.2 Å². The number of rotatable bonds is 3. The third-order valence-electron chi connectivity index (χ3n) is 3.80. The molecule has 3 rings (SSSR count). The van der Waals surface area contributed by atoms with Crippen molar-refractivity contribution in [2.75, 3.05) is 18.4 Å². The number of ether oxygens (including phenoxy) is 1. The second-order valence-electron chi connectivity index (χ2n) is 5.42. The molecule has 1 aliphatic rings. The molecule has 22 heavy (non-hydrogen) atoms. The molecule has 2 aromatic rings. The molecule has 2 N–H and O–H groups in total. The number of carbonyl (C=O) groups excluding carboxylic acids is 1. The molecule has 0 aliphatic carbocycles. The van der Waals surface area contributed by atoms with Crippen molar-refractivity contribution in [3.8, 4) is 11.1 Å². The number of amides is 1. The Labute approximate surface area is 130 Å². The minimum absolute atomic E-state index is 0.0184. The molecular weight excluding hydrogens is 276 g/mol. The molecule has 0 radical (unpaired) electrons. The first-order chi connectivity index (χ1) is 10.8. The van der Waals surface area contributed by atoms with E-state index in [4.69, 9.17) is 4.74 Å². The molecule has 0 atom stereocenters. The lowest BCUT2D eigenvalue weighted by molar-refractivity contribution is 0.0909. The highest BCUT2D eigenvalue weighted by Crippen LogP contribution is 2.21. The van der Waals surface area contributed by atoms with Crippen LogP contribution < -0.4 is 10.6 Å². The molecule has 0 spiro atoms. The molecule has 4 heteroatoms. The molecule has 2 aromatic carbocycles. The fourth-order valence-corrected chi connectivity index (χ4v) is 2.59. The van der Waals surface area contributed by atoms with Crippen molar-refractivity contribution in [1.29, 1.82) is 0 Å². The Hall–Kier alpha value is -2.33. The van der Waals surface area contributed by atoms with Crippen LogP contribution in [0.25, 0.3) is 11.1 Å². The van der Waals surface area contributed by atoms with E-state index in [9.17, 15) is 4.79 Å². The lowest BCUT2D eigenvalue weighted by atomic mass is 10.1. The van der Waals surface area contributed by atoms with Crippen molar-refractivity contribution in [2.24, 2.45) is 0 Å². The maximum Gasteiger partial charge on any atom is 0.411 e. The van der Waals surface area contributed by atoms with Crippen LogP contribution in [0.5, 0.6) is 0 Å². The minimum Gasteiger partial charge on any atom is -0.446 e. The van der Waals surface area contributed by atoms with E-state index in [0.29, 0.717) is 0 Å². The average Bonchev–Trinajstić information content (AvgIpc) is 2.57. The highest BCUT2D eigenvalue weighted by atomic mass is 16.6. The number of hydrogen-bond acceptors (Lipinski definition) is 3. The Kier molecular flexibility index (Phi) is 4.71. The number of benzene rings is 2. The molecule has 0 unspecified atom stereocenters. The monoisotopic (exact) mass is 296 g/mol. The largest absolute Gasteiger partial charge is 0.446 e. The van der Waals surface area contributed by atoms with Crippen LogP contribution in [0.1, 0.15) is 12.8 Å². The summed E-state index contributed by atoms with van der Waals surface area (Å²) in [5.74, 6) is 0. The summed E-state index contributed by atoms with van der Waals surface area (Å²) >= 11 is 0. The van der Waals surface area contributed by atoms with Gasteiger partial charge < -0.3 is 10.1 Å². The van der Waals surface area contributed by atoms with Gasteiger partial charge in [-0.05, 0) is 49.2 Å². The first-order valence-corrected chi connectivity index (χ1v) is 7.65. The molecule has 1 aliphatic heterocycles. The lowest BCUT2D eigenvalue weighted by Gasteiger charge is -2.22. The Bertz CT molecular complexity index is 605. The van der Waals surface area contributed by atoms with Gasteiger partial charge in [0.25, 0.3) is 0 Å². The SMILES string of the molecule is O=C(Nc1ccc(-c2ccccc2)cc1)OC1CCNCC1. The van der Waals surface area contributed by atoms with Crippen molar-refractivity contribution >= 4 is 11.8 Å². The van der Waals surface area contributed by atoms with Crippen molar-refractivity contribution < 1.29 is 9.53 Å². The average molecular weight is 296 g/mol. The number of anilines is 1. The topological polar surface area (TPSA) is 50.4 Å². The summed E-state index contributed by atoms with van der Waals surface area (Å²) in [6.45, 7) is 1.81. The van der Waals surface area contributed by atoms with Crippen LogP contribution in [0.4, 0.5) is 10.5 Å². The third-order valence-corrected chi connectivity index (χ3v) is 3.80. The van der Waals surface area contributed by atoms with Gasteiger partial charge in [0.2, 0.25) is 0 Å². The van der Waals surface area contributed by atoms with Gasteiger partial charge in [0.1, 0.15) is 6.10 Å². The van der Waals surface area contributed by atoms with Crippen LogP contribution in [0.3, 0.4) is 0 Å². The number of piperidine rings is 1. The summed E-state index contributed by atoms with van der Waals surface area (Å²) < 4.78 is 5.42. The predicted molar refractivity (Wildman–Crippen MR) is 87.9 cm³/mol. The molecular formula is C18H20N2O2. The van der Waals surface area contributed by atoms with E-state index in [1.54, 1.807) is 0 Å². The molecule has 1 heterocycles. The minimum atomic E-state index is -0.376. The van der Waals surface area contributed by atoms with Gasteiger partial charge in [-0.25, -0.2) is 4.79 Å². The Morgan fingerprint density at radius 1 is 0.955 bits per heavy atom. The first-order valence-electron chi connectivity index (χ1n) is 7.65. The van der Waals surface area contributed by atoms with E-state index in [2.05, 4.69) is 22.8 Å². The van der Waals surface area contributed by atoms with Gasteiger partial charge >= 0.3 is 6.09 Å². The second-order valence-corrected chi connectivity index (χ2v) is 5.42. The summed E-state index contributed by atoms with van der Waals surface area (Å²) in [5, 5.41) is 6.03. The third kappa shape index (κ3) is 3.86. The quantitative estimate of drug-likeness (QED) is 0.909. The highest BCUT2D eigenvalue weighted by Gasteiger charge is 2.17. The zero-order chi connectivity index (χ0) is 15.2. The van der Waals surface area contributed by atoms with Gasteiger partial charge in [-0.15, -0.1) is 0 Å². The highest BCUT2D eigenvalue weighted by molar-refractivity contribution is 5.85. The summed E-state index contributed by atoms with van der Waals surface area (Å²) in [4.78, 5) is 11.9. The number of nitrogens with one attached hydrogen (secondary N) is 2. The Morgan fingerprint density at radius 2 is 1.59 bits per heavy atom. The maximum atomic E-state index is 11.9. The van der Waals surface area contributed by atoms with Gasteiger partial charge in [0.05, 0.1) is 0 Å². The summed E-state index contributed by atoms with van der Waals surface area (Å²) in [5.41, 5.74) is 3.03. The van der Waals surface area contributed by atoms with E-state index in [1.165, 1.54) is 0 Å². The van der Waals surface area contributed by atoms with Crippen LogP contribution in [0, 0.1) is 0 Å². The molecule has 1 saturated heterocycles. The van der Waals surface area contributed by atoms with E-state index < -0.39 is 0 Å². The zero-order valence-corrected chi connectivity index (χ0v) is 12.4. The molecule has 1 amide bonds. The van der Waals surface area contributed by atoms with Crippen molar-refractivity contribution in [3.05, 3.63) is 54.6 Å². The summed E-state index contributed by atoms with van der Waals surface area (Å²) in [7, 11) is 0. The van der Waals surface area contributed by atoms with E-state index in [0.717, 1.165) is 42.7 Å². The number of carbonyl (C=O) groups is 1. The van der Waals surface area contributed by atoms with E-state index in [1.807, 2.05) is 42.5 Å². The molecule has 0 aromatic heterocycles. The molecule has 1 fully saturated rings. The standard InChI is InChI=1S/C18H20N2O2/c21-18(22-17-10-12-19-13-11-17)20-16-8-6-15(7-9-16)14-4-2-1-3-5-14/h1-9,17,19H,10-13H2,(H,20,21). The number of hydrogen-bond donors (Lipinski definition) is 2. The first kappa shape index (κ1) is 14.6. The van der Waals surface area contributed by atoms with Crippen LogP contribution >= 0.6 is 0 Å². The fraction of sp³-hybridized carbons (Fsp3) is 0.278. The fourth-order valence-electron chi connectivity index (χ4n) is 2.59. The normalized spacial score (nSPS) is 15.3. The zero-order valence-electron chi connectivity index (χ0n) is 12.4. The second kappa shape index (κ2) is 7.09. The molecule has 0 bridgehead atoms. The van der Waals surface area contributed by atoms with Crippen LogP contribution in [0.15, 0.2) is 54.6 Å². The Balaban J connectivity index is 1.57. The summed E-state index contributed by atoms with van der Waals surface area (Å²) in [6, 6.07) is 17.9. The van der Waals surface area contributed by atoms with Crippen LogP contribution in [0.2, 0.25) is 0 Å². The Morgan fingerprint density at radius 3 is 2.27 bits per heavy atom. The van der Waals surface area contributed by atoms with Crippen LogP contribution in [-0.4, -0.2) is 25.3 Å². The molecule has 4 nitrogen and oxygen atoms in total. The van der Waals surface area contributed by atoms with E-state index >= 15 is 0 Å². The maximum absolute atomic E-state index is 11.9. The van der Waals surface area contributed by atoms with Gasteiger partial charge in [-0.1, -0.05) is 42.5 Å². The molecule has 114 valence electrons. The van der Waals surface area contributed by atoms with Crippen molar-refractivity contribution in [1.82, 2.24) is 5.32 Å². The van der Waals surface area contributed by atoms with Crippen molar-refractivity contribution in [2.45, 2.75) is 18.9 Å². The van der Waals surface area contributed by atoms with Gasteiger partial charge in [-0.3, -0.25) is 5.32 Å². The van der Waals surface area contributed by atoms with Crippen LogP contribution in [-0.2, 0) is 4.74 Å². The lowest BCUT2D eigenvalue weighted by Crippen LogP contribution is -2.34. The van der Waals surface area contributed by atoms with Crippen molar-refractivity contribution in [3.63, 3.8) is 0 Å². The van der Waals surface area contributed by atoms with Gasteiger partial charge in [-0.2, -0.15) is 0 Å². The predicted octanol–water partition coefficient (Wildman–Crippen LogP) is 3.65. The summed E-state index contributed by atoms with van der Waals surface area (Å²) in [6.07, 6.45) is 1.39. The molecule has 0 saturated carbocycles.